The van der Waals surface area contributed by atoms with E-state index in [0.717, 1.165) is 4.90 Å². The number of aliphatic carboxylic acids is 1. The van der Waals surface area contributed by atoms with E-state index >= 15 is 0 Å². The number of rotatable bonds is 5. The summed E-state index contributed by atoms with van der Waals surface area (Å²) in [5.74, 6) is -4.58. The summed E-state index contributed by atoms with van der Waals surface area (Å²) < 4.78 is 0. The first-order chi connectivity index (χ1) is 17.9. The number of carbonyl (C=O) groups excluding carboxylic acids is 4. The Morgan fingerprint density at radius 2 is 1.66 bits per heavy atom. The van der Waals surface area contributed by atoms with E-state index in [1.54, 1.807) is 0 Å². The number of likely N-dealkylation sites (N-methyl/N-ethyl adjacent to an activating group) is 1. The molecule has 0 aliphatic carbocycles. The van der Waals surface area contributed by atoms with Crippen molar-refractivity contribution < 1.29 is 39.3 Å². The van der Waals surface area contributed by atoms with Gasteiger partial charge in [0.15, 0.2) is 0 Å². The molecule has 3 unspecified atom stereocenters. The van der Waals surface area contributed by atoms with Crippen LogP contribution in [0, 0.1) is 0 Å². The summed E-state index contributed by atoms with van der Waals surface area (Å²) in [5, 5.41) is 38.0. The predicted octanol–water partition coefficient (Wildman–Crippen LogP) is -1.03. The van der Waals surface area contributed by atoms with Gasteiger partial charge >= 0.3 is 5.97 Å². The van der Waals surface area contributed by atoms with E-state index in [0.29, 0.717) is 5.56 Å². The smallest absolute Gasteiger partial charge is 0.326 e. The van der Waals surface area contributed by atoms with Crippen molar-refractivity contribution >= 4 is 29.6 Å². The molecule has 0 spiro atoms. The Bertz CT molecular complexity index is 1280. The molecular weight excluding hydrogens is 498 g/mol. The summed E-state index contributed by atoms with van der Waals surface area (Å²) >= 11 is 0. The van der Waals surface area contributed by atoms with Gasteiger partial charge in [-0.1, -0.05) is 12.1 Å². The van der Waals surface area contributed by atoms with Crippen molar-refractivity contribution in [1.29, 1.82) is 0 Å². The molecule has 3 rings (SSSR count). The average molecular weight is 528 g/mol. The lowest BCUT2D eigenvalue weighted by molar-refractivity contribution is -0.143. The number of fused-ring (bicyclic) bond motifs is 5. The maximum absolute atomic E-state index is 13.4. The van der Waals surface area contributed by atoms with E-state index in [1.807, 2.05) is 0 Å². The molecule has 0 aromatic heterocycles. The lowest BCUT2D eigenvalue weighted by Gasteiger charge is -2.30. The lowest BCUT2D eigenvalue weighted by Crippen LogP contribution is -2.53. The van der Waals surface area contributed by atoms with Crippen molar-refractivity contribution in [1.82, 2.24) is 20.9 Å². The van der Waals surface area contributed by atoms with Crippen LogP contribution in [0.5, 0.6) is 11.5 Å². The molecule has 4 amide bonds. The Kier molecular flexibility index (Phi) is 8.53. The number of carbonyl (C=O) groups is 5. The van der Waals surface area contributed by atoms with Crippen molar-refractivity contribution in [2.24, 2.45) is 5.73 Å². The van der Waals surface area contributed by atoms with Crippen LogP contribution in [0.3, 0.4) is 0 Å². The molecule has 1 aliphatic rings. The molecule has 2 aromatic carbocycles. The first kappa shape index (κ1) is 27.9. The SMILES string of the molecule is CC1NC(=O)C(N(C)C(=O)CNC(=O)CN)c2ccc(O)c(c2)-c2cc(ccc2O)CC(C(=O)O)NC1=O. The molecule has 13 heteroatoms. The van der Waals surface area contributed by atoms with Crippen LogP contribution in [0.2, 0.25) is 0 Å². The van der Waals surface area contributed by atoms with Crippen LogP contribution in [0.15, 0.2) is 36.4 Å². The van der Waals surface area contributed by atoms with Crippen LogP contribution in [0.25, 0.3) is 11.1 Å². The van der Waals surface area contributed by atoms with Gasteiger partial charge in [0.25, 0.3) is 0 Å². The highest BCUT2D eigenvalue weighted by Gasteiger charge is 2.33. The van der Waals surface area contributed by atoms with Crippen LogP contribution in [0.4, 0.5) is 0 Å². The van der Waals surface area contributed by atoms with Crippen LogP contribution in [0.1, 0.15) is 24.1 Å². The van der Waals surface area contributed by atoms with E-state index in [4.69, 9.17) is 5.73 Å². The molecule has 1 heterocycles. The molecule has 0 fully saturated rings. The molecule has 202 valence electrons. The normalized spacial score (nSPS) is 19.4. The number of benzene rings is 2. The second-order valence-electron chi connectivity index (χ2n) is 8.85. The summed E-state index contributed by atoms with van der Waals surface area (Å²) in [4.78, 5) is 63.5. The summed E-state index contributed by atoms with van der Waals surface area (Å²) in [6.45, 7) is 0.564. The molecule has 38 heavy (non-hydrogen) atoms. The van der Waals surface area contributed by atoms with E-state index in [1.165, 1.54) is 50.4 Å². The molecule has 0 saturated heterocycles. The van der Waals surface area contributed by atoms with Gasteiger partial charge in [-0.25, -0.2) is 4.79 Å². The minimum Gasteiger partial charge on any atom is -0.507 e. The van der Waals surface area contributed by atoms with E-state index in [-0.39, 0.29) is 41.2 Å². The predicted molar refractivity (Wildman–Crippen MR) is 134 cm³/mol. The highest BCUT2D eigenvalue weighted by Crippen LogP contribution is 2.38. The van der Waals surface area contributed by atoms with Gasteiger partial charge in [-0.3, -0.25) is 19.2 Å². The van der Waals surface area contributed by atoms with Gasteiger partial charge in [-0.2, -0.15) is 0 Å². The van der Waals surface area contributed by atoms with E-state index < -0.39 is 54.3 Å². The number of hydrogen-bond acceptors (Lipinski definition) is 8. The Morgan fingerprint density at radius 1 is 1.03 bits per heavy atom. The number of phenols is 2. The number of carboxylic acids is 1. The van der Waals surface area contributed by atoms with Gasteiger partial charge in [0.05, 0.1) is 13.1 Å². The minimum atomic E-state index is -1.35. The molecule has 1 aliphatic heterocycles. The van der Waals surface area contributed by atoms with Crippen molar-refractivity contribution in [2.75, 3.05) is 20.1 Å². The number of aromatic hydroxyl groups is 2. The molecule has 0 saturated carbocycles. The van der Waals surface area contributed by atoms with Crippen molar-refractivity contribution in [3.05, 3.63) is 47.5 Å². The van der Waals surface area contributed by atoms with Crippen molar-refractivity contribution in [2.45, 2.75) is 31.5 Å². The van der Waals surface area contributed by atoms with Gasteiger partial charge in [0.2, 0.25) is 23.6 Å². The second kappa shape index (κ2) is 11.6. The zero-order chi connectivity index (χ0) is 28.1. The monoisotopic (exact) mass is 527 g/mol. The van der Waals surface area contributed by atoms with Crippen LogP contribution < -0.4 is 21.7 Å². The quantitative estimate of drug-likeness (QED) is 0.253. The fourth-order valence-electron chi connectivity index (χ4n) is 4.02. The fourth-order valence-corrected chi connectivity index (χ4v) is 4.02. The molecule has 2 aromatic rings. The topological polar surface area (TPSA) is 211 Å². The minimum absolute atomic E-state index is 0.123. The summed E-state index contributed by atoms with van der Waals surface area (Å²) in [7, 11) is 1.32. The summed E-state index contributed by atoms with van der Waals surface area (Å²) in [6.07, 6.45) is -0.135. The maximum atomic E-state index is 13.4. The van der Waals surface area contributed by atoms with Crippen molar-refractivity contribution in [3.63, 3.8) is 0 Å². The highest BCUT2D eigenvalue weighted by atomic mass is 16.4. The zero-order valence-electron chi connectivity index (χ0n) is 20.7. The summed E-state index contributed by atoms with van der Waals surface area (Å²) in [6, 6.07) is 4.52. The number of amides is 4. The highest BCUT2D eigenvalue weighted by molar-refractivity contribution is 5.95. The van der Waals surface area contributed by atoms with Crippen LogP contribution >= 0.6 is 0 Å². The molecule has 3 atom stereocenters. The Morgan fingerprint density at radius 3 is 2.29 bits per heavy atom. The number of phenolic OH excluding ortho intramolecular Hbond substituents is 2. The number of nitrogens with one attached hydrogen (secondary N) is 3. The summed E-state index contributed by atoms with van der Waals surface area (Å²) in [5.41, 5.74) is 6.20. The zero-order valence-corrected chi connectivity index (χ0v) is 20.7. The number of hydrogen-bond donors (Lipinski definition) is 7. The number of carboxylic acid groups (broad SMARTS) is 1. The third-order valence-corrected chi connectivity index (χ3v) is 6.15. The van der Waals surface area contributed by atoms with Crippen LogP contribution in [-0.4, -0.2) is 82.0 Å². The van der Waals surface area contributed by atoms with Gasteiger partial charge in [0.1, 0.15) is 29.6 Å². The first-order valence-electron chi connectivity index (χ1n) is 11.6. The Labute approximate surface area is 217 Å². The molecule has 13 nitrogen and oxygen atoms in total. The average Bonchev–Trinajstić information content (AvgIpc) is 2.87. The second-order valence-corrected chi connectivity index (χ2v) is 8.85. The maximum Gasteiger partial charge on any atom is 0.326 e. The number of nitrogens with two attached hydrogens (primary N) is 1. The van der Waals surface area contributed by atoms with E-state index in [2.05, 4.69) is 16.0 Å². The molecule has 8 N–H and O–H groups in total. The van der Waals surface area contributed by atoms with Gasteiger partial charge in [0, 0.05) is 24.6 Å². The molecule has 4 bridgehead atoms. The van der Waals surface area contributed by atoms with Gasteiger partial charge < -0.3 is 41.9 Å². The third-order valence-electron chi connectivity index (χ3n) is 6.15. The van der Waals surface area contributed by atoms with Crippen molar-refractivity contribution in [3.8, 4) is 22.6 Å². The standard InChI is InChI=1S/C25H29N5O8/c1-12-23(35)29-17(25(37)38)8-13-3-5-18(31)15(7-13)16-9-14(4-6-19(16)32)22(24(36)28-12)30(2)21(34)11-27-20(33)10-26/h3-7,9,12,17,22,31-32H,8,10-11,26H2,1-2H3,(H,27,33)(H,28,36)(H,29,35)(H,37,38). The largest absolute Gasteiger partial charge is 0.507 e. The molecular formula is C25H29N5O8. The van der Waals surface area contributed by atoms with Gasteiger partial charge in [-0.05, 0) is 42.3 Å². The van der Waals surface area contributed by atoms with Crippen LogP contribution in [-0.2, 0) is 30.4 Å². The lowest BCUT2D eigenvalue weighted by atomic mass is 9.94. The third kappa shape index (κ3) is 6.18. The Balaban J connectivity index is 2.15. The fraction of sp³-hybridized carbons (Fsp3) is 0.320. The number of nitrogens with zero attached hydrogens (tertiary/aromatic N) is 1. The molecule has 0 radical (unpaired) electrons. The van der Waals surface area contributed by atoms with E-state index in [9.17, 15) is 39.3 Å². The first-order valence-corrected chi connectivity index (χ1v) is 11.6. The van der Waals surface area contributed by atoms with Gasteiger partial charge in [-0.15, -0.1) is 0 Å². The Hall–Kier alpha value is -4.65.